The third-order valence-corrected chi connectivity index (χ3v) is 7.52. The molecule has 192 valence electrons. The van der Waals surface area contributed by atoms with Gasteiger partial charge < -0.3 is 25.5 Å². The second-order valence-corrected chi connectivity index (χ2v) is 9.78. The molecule has 1 aliphatic rings. The molecule has 1 amide bonds. The van der Waals surface area contributed by atoms with Gasteiger partial charge >= 0.3 is 0 Å². The molecule has 36 heavy (non-hydrogen) atoms. The Kier molecular flexibility index (Phi) is 10.5. The largest absolute Gasteiger partial charge is 0.496 e. The van der Waals surface area contributed by atoms with Crippen molar-refractivity contribution in [3.05, 3.63) is 75.4 Å². The zero-order valence-electron chi connectivity index (χ0n) is 21.4. The summed E-state index contributed by atoms with van der Waals surface area (Å²) < 4.78 is 5.18. The molecule has 8 heteroatoms. The van der Waals surface area contributed by atoms with Crippen molar-refractivity contribution in [3.8, 4) is 5.75 Å². The predicted octanol–water partition coefficient (Wildman–Crippen LogP) is 4.30. The molecule has 0 saturated carbocycles. The Morgan fingerprint density at radius 3 is 2.78 bits per heavy atom. The maximum atomic E-state index is 12.5. The van der Waals surface area contributed by atoms with Gasteiger partial charge in [-0.3, -0.25) is 9.78 Å². The van der Waals surface area contributed by atoms with Gasteiger partial charge in [-0.15, -0.1) is 11.3 Å². The number of fused-ring (bicyclic) bond motifs is 1. The van der Waals surface area contributed by atoms with E-state index >= 15 is 0 Å². The number of aromatic nitrogens is 1. The Morgan fingerprint density at radius 1 is 1.28 bits per heavy atom. The number of nitrogens with zero attached hydrogens (tertiary/aromatic N) is 2. The van der Waals surface area contributed by atoms with Crippen molar-refractivity contribution in [1.29, 1.82) is 0 Å². The summed E-state index contributed by atoms with van der Waals surface area (Å²) >= 11 is 1.72. The highest BCUT2D eigenvalue weighted by Crippen LogP contribution is 2.36. The van der Waals surface area contributed by atoms with Gasteiger partial charge in [0.05, 0.1) is 18.7 Å². The van der Waals surface area contributed by atoms with E-state index in [9.17, 15) is 9.59 Å². The van der Waals surface area contributed by atoms with Crippen LogP contribution in [0.25, 0.3) is 0 Å². The molecule has 0 unspecified atom stereocenters. The Bertz CT molecular complexity index is 1150. The lowest BCUT2D eigenvalue weighted by atomic mass is 10.0. The number of methoxy groups -OCH3 is 1. The van der Waals surface area contributed by atoms with Crippen molar-refractivity contribution in [3.63, 3.8) is 0 Å². The van der Waals surface area contributed by atoms with Crippen molar-refractivity contribution in [1.82, 2.24) is 9.88 Å². The monoisotopic (exact) mass is 508 g/mol. The van der Waals surface area contributed by atoms with E-state index in [1.807, 2.05) is 49.2 Å². The van der Waals surface area contributed by atoms with Gasteiger partial charge in [-0.05, 0) is 55.5 Å². The van der Waals surface area contributed by atoms with E-state index in [1.165, 1.54) is 21.6 Å². The molecule has 0 saturated heterocycles. The number of anilines is 1. The number of ether oxygens (including phenoxy) is 1. The molecule has 2 aromatic heterocycles. The van der Waals surface area contributed by atoms with Gasteiger partial charge in [0.2, 0.25) is 5.91 Å². The Hall–Kier alpha value is -3.23. The molecular formula is C28H36N4O3S. The summed E-state index contributed by atoms with van der Waals surface area (Å²) in [6.07, 6.45) is 6.13. The summed E-state index contributed by atoms with van der Waals surface area (Å²) in [7, 11) is 3.57. The van der Waals surface area contributed by atoms with Gasteiger partial charge in [0, 0.05) is 55.3 Å². The van der Waals surface area contributed by atoms with Gasteiger partial charge in [0.1, 0.15) is 12.0 Å². The molecule has 3 heterocycles. The first-order valence-electron chi connectivity index (χ1n) is 12.3. The SMILES string of the molecule is CNc1sc2c(c1CN)CCN(C(=O)CCc1ccccn1)C2.COc1ccc(C)cc1CCC=O. The van der Waals surface area contributed by atoms with Crippen LogP contribution in [0.3, 0.4) is 0 Å². The van der Waals surface area contributed by atoms with Crippen LogP contribution in [0.5, 0.6) is 5.75 Å². The number of carbonyl (C=O) groups excluding carboxylic acids is 2. The van der Waals surface area contributed by atoms with Gasteiger partial charge in [0.25, 0.3) is 0 Å². The lowest BCUT2D eigenvalue weighted by Crippen LogP contribution is -2.35. The average Bonchev–Trinajstić information content (AvgIpc) is 3.28. The standard InChI is InChI=1S/C17H22N4OS.C11H14O2/c1-19-17-14(10-18)13-7-9-21(11-15(13)23-17)16(22)6-5-12-4-2-3-8-20-12;1-9-5-6-11(13-2)10(8-9)4-3-7-12/h2-4,8,19H,5-7,9-11,18H2,1H3;5-8H,3-4H2,1-2H3. The van der Waals surface area contributed by atoms with E-state index in [2.05, 4.69) is 16.4 Å². The van der Waals surface area contributed by atoms with Crippen LogP contribution in [0.15, 0.2) is 42.6 Å². The number of hydrogen-bond donors (Lipinski definition) is 2. The Morgan fingerprint density at radius 2 is 2.11 bits per heavy atom. The predicted molar refractivity (Wildman–Crippen MR) is 146 cm³/mol. The van der Waals surface area contributed by atoms with Crippen LogP contribution in [0.4, 0.5) is 5.00 Å². The molecule has 3 aromatic rings. The molecule has 4 rings (SSSR count). The van der Waals surface area contributed by atoms with Crippen LogP contribution in [0.2, 0.25) is 0 Å². The molecule has 1 aromatic carbocycles. The minimum absolute atomic E-state index is 0.204. The number of rotatable bonds is 9. The Labute approximate surface area is 217 Å². The van der Waals surface area contributed by atoms with Gasteiger partial charge in [-0.25, -0.2) is 0 Å². The number of hydrogen-bond acceptors (Lipinski definition) is 7. The highest BCUT2D eigenvalue weighted by molar-refractivity contribution is 7.16. The summed E-state index contributed by atoms with van der Waals surface area (Å²) in [4.78, 5) is 30.2. The first-order valence-corrected chi connectivity index (χ1v) is 13.1. The highest BCUT2D eigenvalue weighted by Gasteiger charge is 2.25. The number of nitrogens with one attached hydrogen (secondary N) is 1. The molecule has 0 atom stereocenters. The molecule has 3 N–H and O–H groups in total. The lowest BCUT2D eigenvalue weighted by molar-refractivity contribution is -0.132. The van der Waals surface area contributed by atoms with Gasteiger partial charge in [-0.1, -0.05) is 23.8 Å². The minimum Gasteiger partial charge on any atom is -0.496 e. The number of aryl methyl sites for hydroxylation is 3. The van der Waals surface area contributed by atoms with E-state index in [0.717, 1.165) is 47.7 Å². The van der Waals surface area contributed by atoms with Gasteiger partial charge in [0.15, 0.2) is 0 Å². The fourth-order valence-electron chi connectivity index (χ4n) is 4.36. The van der Waals surface area contributed by atoms with E-state index < -0.39 is 0 Å². The van der Waals surface area contributed by atoms with Crippen molar-refractivity contribution in [2.75, 3.05) is 26.0 Å². The fraction of sp³-hybridized carbons (Fsp3) is 0.393. The lowest BCUT2D eigenvalue weighted by Gasteiger charge is -2.27. The maximum Gasteiger partial charge on any atom is 0.223 e. The number of aldehydes is 1. The molecule has 0 fully saturated rings. The zero-order valence-corrected chi connectivity index (χ0v) is 22.2. The molecular weight excluding hydrogens is 472 g/mol. The molecule has 0 radical (unpaired) electrons. The number of thiophene rings is 1. The summed E-state index contributed by atoms with van der Waals surface area (Å²) in [5, 5.41) is 4.36. The van der Waals surface area contributed by atoms with Crippen LogP contribution in [0, 0.1) is 6.92 Å². The molecule has 0 bridgehead atoms. The van der Waals surface area contributed by atoms with Crippen molar-refractivity contribution in [2.45, 2.75) is 52.1 Å². The van der Waals surface area contributed by atoms with Crippen LogP contribution < -0.4 is 15.8 Å². The quantitative estimate of drug-likeness (QED) is 0.419. The maximum absolute atomic E-state index is 12.5. The summed E-state index contributed by atoms with van der Waals surface area (Å²) in [6, 6.07) is 11.8. The molecule has 7 nitrogen and oxygen atoms in total. The summed E-state index contributed by atoms with van der Waals surface area (Å²) in [5.74, 6) is 1.07. The van der Waals surface area contributed by atoms with Crippen molar-refractivity contribution < 1.29 is 14.3 Å². The number of nitrogens with two attached hydrogens (primary N) is 1. The summed E-state index contributed by atoms with van der Waals surface area (Å²) in [5.41, 5.74) is 11.7. The number of benzene rings is 1. The highest BCUT2D eigenvalue weighted by atomic mass is 32.1. The van der Waals surface area contributed by atoms with Crippen LogP contribution >= 0.6 is 11.3 Å². The van der Waals surface area contributed by atoms with Crippen molar-refractivity contribution >= 4 is 28.5 Å². The van der Waals surface area contributed by atoms with E-state index in [4.69, 9.17) is 10.5 Å². The normalized spacial score (nSPS) is 12.3. The molecule has 0 spiro atoms. The van der Waals surface area contributed by atoms with Crippen LogP contribution in [-0.2, 0) is 41.9 Å². The molecule has 0 aliphatic carbocycles. The fourth-order valence-corrected chi connectivity index (χ4v) is 5.60. The van der Waals surface area contributed by atoms with E-state index in [-0.39, 0.29) is 5.91 Å². The van der Waals surface area contributed by atoms with Gasteiger partial charge in [-0.2, -0.15) is 0 Å². The third-order valence-electron chi connectivity index (χ3n) is 6.24. The Balaban J connectivity index is 0.000000236. The van der Waals surface area contributed by atoms with Crippen LogP contribution in [0.1, 0.15) is 45.7 Å². The number of carbonyl (C=O) groups is 2. The number of amides is 1. The minimum atomic E-state index is 0.204. The number of pyridine rings is 1. The zero-order chi connectivity index (χ0) is 25.9. The smallest absolute Gasteiger partial charge is 0.223 e. The second-order valence-electron chi connectivity index (χ2n) is 8.67. The first-order chi connectivity index (χ1) is 17.5. The van der Waals surface area contributed by atoms with E-state index in [0.29, 0.717) is 32.4 Å². The topological polar surface area (TPSA) is 97.6 Å². The molecule has 1 aliphatic heterocycles. The van der Waals surface area contributed by atoms with Crippen molar-refractivity contribution in [2.24, 2.45) is 5.73 Å². The second kappa shape index (κ2) is 13.8. The summed E-state index contributed by atoms with van der Waals surface area (Å²) in [6.45, 7) is 4.07. The first kappa shape index (κ1) is 27.4. The third kappa shape index (κ3) is 7.15. The van der Waals surface area contributed by atoms with Crippen LogP contribution in [-0.4, -0.2) is 42.8 Å². The van der Waals surface area contributed by atoms with E-state index in [1.54, 1.807) is 24.6 Å². The average molecular weight is 509 g/mol.